The highest BCUT2D eigenvalue weighted by Gasteiger charge is 2.42. The van der Waals surface area contributed by atoms with Crippen LogP contribution in [-0.2, 0) is 6.54 Å². The van der Waals surface area contributed by atoms with Crippen LogP contribution < -0.4 is 0 Å². The number of rotatable bonds is 3. The van der Waals surface area contributed by atoms with Crippen molar-refractivity contribution in [1.29, 1.82) is 0 Å². The Labute approximate surface area is 118 Å². The summed E-state index contributed by atoms with van der Waals surface area (Å²) in [5.41, 5.74) is 2.32. The highest BCUT2D eigenvalue weighted by molar-refractivity contribution is 9.10. The number of thioether (sulfide) groups is 1. The average molecular weight is 329 g/mol. The van der Waals surface area contributed by atoms with Gasteiger partial charge in [-0.05, 0) is 49.5 Å². The number of imidazole rings is 1. The molecule has 1 aliphatic rings. The summed E-state index contributed by atoms with van der Waals surface area (Å²) in [5, 5.41) is 0. The van der Waals surface area contributed by atoms with Crippen LogP contribution in [0.4, 0.5) is 0 Å². The molecule has 0 unspecified atom stereocenters. The first kappa shape index (κ1) is 11.8. The van der Waals surface area contributed by atoms with Crippen LogP contribution in [0.5, 0.6) is 0 Å². The Morgan fingerprint density at radius 1 is 1.53 bits per heavy atom. The number of nitrogens with zero attached hydrogens (tertiary/aromatic N) is 1. The van der Waals surface area contributed by atoms with Gasteiger partial charge in [0, 0.05) is 15.8 Å². The third-order valence-electron chi connectivity index (χ3n) is 3.42. The molecule has 3 rings (SSSR count). The van der Waals surface area contributed by atoms with Gasteiger partial charge in [-0.1, -0.05) is 15.9 Å². The molecule has 0 bridgehead atoms. The minimum atomic E-state index is 0.431. The van der Waals surface area contributed by atoms with Crippen LogP contribution in [0.25, 0.3) is 11.0 Å². The number of fused-ring (bicyclic) bond motifs is 1. The Morgan fingerprint density at radius 3 is 2.94 bits per heavy atom. The molecule has 2 nitrogen and oxygen atoms in total. The van der Waals surface area contributed by atoms with Gasteiger partial charge in [-0.3, -0.25) is 0 Å². The van der Waals surface area contributed by atoms with E-state index in [-0.39, 0.29) is 0 Å². The normalized spacial score (nSPS) is 17.5. The number of halogens is 1. The van der Waals surface area contributed by atoms with E-state index in [2.05, 4.69) is 49.9 Å². The van der Waals surface area contributed by atoms with Gasteiger partial charge in [-0.25, -0.2) is 0 Å². The van der Waals surface area contributed by atoms with Crippen molar-refractivity contribution in [1.82, 2.24) is 9.55 Å². The zero-order valence-corrected chi connectivity index (χ0v) is 12.7. The van der Waals surface area contributed by atoms with Crippen LogP contribution in [0.15, 0.2) is 22.7 Å². The van der Waals surface area contributed by atoms with E-state index in [1.165, 1.54) is 18.4 Å². The lowest BCUT2D eigenvalue weighted by Gasteiger charge is -2.13. The molecule has 1 aromatic heterocycles. The lowest BCUT2D eigenvalue weighted by atomic mass is 10.3. The predicted octanol–water partition coefficient (Wildman–Crippen LogP) is 4.36. The second kappa shape index (κ2) is 4.14. The van der Waals surface area contributed by atoms with E-state index in [9.17, 15) is 0 Å². The van der Waals surface area contributed by atoms with Gasteiger partial charge in [0.25, 0.3) is 0 Å². The van der Waals surface area contributed by atoms with Crippen molar-refractivity contribution < 1.29 is 0 Å². The van der Waals surface area contributed by atoms with E-state index >= 15 is 0 Å². The Kier molecular flexibility index (Phi) is 2.88. The standard InChI is InChI=1S/C12H13BrN2S2/c1-17-12(4-5-12)7-15-10-3-2-8(13)6-9(10)14-11(15)16/h2-3,6H,4-5,7H2,1H3,(H,14,16). The van der Waals surface area contributed by atoms with Crippen molar-refractivity contribution in [3.63, 3.8) is 0 Å². The first-order valence-corrected chi connectivity index (χ1v) is 7.99. The maximum Gasteiger partial charge on any atom is 0.178 e. The molecule has 0 spiro atoms. The van der Waals surface area contributed by atoms with Crippen molar-refractivity contribution in [2.45, 2.75) is 24.1 Å². The number of hydrogen-bond donors (Lipinski definition) is 1. The average Bonchev–Trinajstić information content (AvgIpc) is 3.01. The van der Waals surface area contributed by atoms with Gasteiger partial charge in [-0.15, -0.1) is 0 Å². The van der Waals surface area contributed by atoms with Crippen LogP contribution in [0.2, 0.25) is 0 Å². The Morgan fingerprint density at radius 2 is 2.29 bits per heavy atom. The smallest absolute Gasteiger partial charge is 0.178 e. The molecular weight excluding hydrogens is 316 g/mol. The third-order valence-corrected chi connectivity index (χ3v) is 5.64. The fourth-order valence-electron chi connectivity index (χ4n) is 2.15. The molecule has 1 aliphatic carbocycles. The summed E-state index contributed by atoms with van der Waals surface area (Å²) in [5.74, 6) is 0. The molecule has 0 atom stereocenters. The Balaban J connectivity index is 2.09. The molecule has 0 radical (unpaired) electrons. The number of hydrogen-bond acceptors (Lipinski definition) is 2. The van der Waals surface area contributed by atoms with Gasteiger partial charge in [0.2, 0.25) is 0 Å². The minimum absolute atomic E-state index is 0.431. The van der Waals surface area contributed by atoms with E-state index in [0.29, 0.717) is 4.75 Å². The first-order valence-electron chi connectivity index (χ1n) is 5.57. The summed E-state index contributed by atoms with van der Waals surface area (Å²) in [6, 6.07) is 6.28. The van der Waals surface area contributed by atoms with Gasteiger partial charge >= 0.3 is 0 Å². The molecular formula is C12H13BrN2S2. The van der Waals surface area contributed by atoms with Crippen LogP contribution in [-0.4, -0.2) is 20.6 Å². The molecule has 0 amide bonds. The van der Waals surface area contributed by atoms with E-state index in [0.717, 1.165) is 21.3 Å². The predicted molar refractivity (Wildman–Crippen MR) is 80.3 cm³/mol. The van der Waals surface area contributed by atoms with Crippen molar-refractivity contribution in [3.8, 4) is 0 Å². The number of benzene rings is 1. The molecule has 0 aliphatic heterocycles. The van der Waals surface area contributed by atoms with Crippen LogP contribution in [0.3, 0.4) is 0 Å². The fourth-order valence-corrected chi connectivity index (χ4v) is 3.55. The van der Waals surface area contributed by atoms with Crippen molar-refractivity contribution >= 4 is 50.9 Å². The Bertz CT molecular complexity index is 625. The lowest BCUT2D eigenvalue weighted by molar-refractivity contribution is 0.670. The second-order valence-electron chi connectivity index (χ2n) is 4.56. The quantitative estimate of drug-likeness (QED) is 0.845. The van der Waals surface area contributed by atoms with Gasteiger partial charge in [0.1, 0.15) is 0 Å². The van der Waals surface area contributed by atoms with Gasteiger partial charge in [0.15, 0.2) is 4.77 Å². The summed E-state index contributed by atoms with van der Waals surface area (Å²) < 4.78 is 4.58. The minimum Gasteiger partial charge on any atom is -0.331 e. The summed E-state index contributed by atoms with van der Waals surface area (Å²) in [4.78, 5) is 3.28. The van der Waals surface area contributed by atoms with Gasteiger partial charge < -0.3 is 9.55 Å². The topological polar surface area (TPSA) is 20.7 Å². The number of aromatic amines is 1. The fraction of sp³-hybridized carbons (Fsp3) is 0.417. The monoisotopic (exact) mass is 328 g/mol. The zero-order valence-electron chi connectivity index (χ0n) is 9.50. The highest BCUT2D eigenvalue weighted by atomic mass is 79.9. The second-order valence-corrected chi connectivity index (χ2v) is 7.14. The van der Waals surface area contributed by atoms with Crippen LogP contribution >= 0.6 is 39.9 Å². The van der Waals surface area contributed by atoms with E-state index < -0.39 is 0 Å². The van der Waals surface area contributed by atoms with Crippen molar-refractivity contribution in [2.24, 2.45) is 0 Å². The van der Waals surface area contributed by atoms with Crippen LogP contribution in [0, 0.1) is 4.77 Å². The number of nitrogens with one attached hydrogen (secondary N) is 1. The summed E-state index contributed by atoms with van der Waals surface area (Å²) >= 11 is 10.9. The molecule has 1 aromatic carbocycles. The van der Waals surface area contributed by atoms with Gasteiger partial charge in [0.05, 0.1) is 11.0 Å². The Hall–Kier alpha value is -0.260. The van der Waals surface area contributed by atoms with E-state index in [4.69, 9.17) is 12.2 Å². The molecule has 17 heavy (non-hydrogen) atoms. The van der Waals surface area contributed by atoms with Gasteiger partial charge in [-0.2, -0.15) is 11.8 Å². The first-order chi connectivity index (χ1) is 8.13. The largest absolute Gasteiger partial charge is 0.331 e. The molecule has 1 fully saturated rings. The van der Waals surface area contributed by atoms with E-state index in [1.807, 2.05) is 11.8 Å². The maximum absolute atomic E-state index is 5.42. The van der Waals surface area contributed by atoms with Crippen molar-refractivity contribution in [3.05, 3.63) is 27.4 Å². The number of aromatic nitrogens is 2. The lowest BCUT2D eigenvalue weighted by Crippen LogP contribution is -2.13. The van der Waals surface area contributed by atoms with E-state index in [1.54, 1.807) is 0 Å². The third kappa shape index (κ3) is 2.09. The molecule has 1 heterocycles. The highest BCUT2D eigenvalue weighted by Crippen LogP contribution is 2.48. The molecule has 0 saturated heterocycles. The molecule has 2 aromatic rings. The molecule has 1 saturated carbocycles. The molecule has 5 heteroatoms. The maximum atomic E-state index is 5.42. The summed E-state index contributed by atoms with van der Waals surface area (Å²) in [7, 11) is 0. The zero-order chi connectivity index (χ0) is 12.0. The summed E-state index contributed by atoms with van der Waals surface area (Å²) in [6.45, 7) is 1.02. The molecule has 90 valence electrons. The molecule has 1 N–H and O–H groups in total. The van der Waals surface area contributed by atoms with Crippen LogP contribution in [0.1, 0.15) is 12.8 Å². The van der Waals surface area contributed by atoms with Crippen molar-refractivity contribution in [2.75, 3.05) is 6.26 Å². The summed E-state index contributed by atoms with van der Waals surface area (Å²) in [6.07, 6.45) is 4.81. The SMILES string of the molecule is CSC1(Cn2c(=S)[nH]c3cc(Br)ccc32)CC1. The number of H-pyrrole nitrogens is 1.